The van der Waals surface area contributed by atoms with Gasteiger partial charge >= 0.3 is 0 Å². The average molecular weight is 312 g/mol. The fourth-order valence-corrected chi connectivity index (χ4v) is 3.47. The van der Waals surface area contributed by atoms with Gasteiger partial charge in [0.25, 0.3) is 0 Å². The smallest absolute Gasteiger partial charge is 0.138 e. The Morgan fingerprint density at radius 1 is 1.22 bits per heavy atom. The summed E-state index contributed by atoms with van der Waals surface area (Å²) in [5.41, 5.74) is 9.33. The van der Waals surface area contributed by atoms with Crippen molar-refractivity contribution < 1.29 is 10.2 Å². The van der Waals surface area contributed by atoms with E-state index >= 15 is 0 Å². The largest absolute Gasteiger partial charge is 0.506 e. The van der Waals surface area contributed by atoms with Crippen molar-refractivity contribution in [2.45, 2.75) is 44.4 Å². The highest BCUT2D eigenvalue weighted by atomic mass is 16.3. The Balaban J connectivity index is 1.69. The van der Waals surface area contributed by atoms with Crippen LogP contribution in [0, 0.1) is 0 Å². The van der Waals surface area contributed by atoms with Gasteiger partial charge in [-0.3, -0.25) is 0 Å². The minimum absolute atomic E-state index is 0.00477. The lowest BCUT2D eigenvalue weighted by Crippen LogP contribution is -2.44. The van der Waals surface area contributed by atoms with Crippen LogP contribution >= 0.6 is 0 Å². The molecule has 23 heavy (non-hydrogen) atoms. The van der Waals surface area contributed by atoms with Crippen molar-refractivity contribution in [2.75, 3.05) is 5.73 Å². The van der Waals surface area contributed by atoms with Crippen LogP contribution in [0.3, 0.4) is 0 Å². The van der Waals surface area contributed by atoms with Crippen molar-refractivity contribution in [3.05, 3.63) is 59.2 Å². The lowest BCUT2D eigenvalue weighted by Gasteiger charge is -2.33. The zero-order valence-corrected chi connectivity index (χ0v) is 13.4. The highest BCUT2D eigenvalue weighted by molar-refractivity contribution is 5.62. The first-order valence-electron chi connectivity index (χ1n) is 8.14. The zero-order valence-electron chi connectivity index (χ0n) is 13.4. The molecule has 3 rings (SSSR count). The first kappa shape index (κ1) is 15.8. The second kappa shape index (κ2) is 6.60. The van der Waals surface area contributed by atoms with Crippen molar-refractivity contribution in [1.82, 2.24) is 5.32 Å². The minimum Gasteiger partial charge on any atom is -0.506 e. The van der Waals surface area contributed by atoms with Gasteiger partial charge in [0.2, 0.25) is 0 Å². The second-order valence-corrected chi connectivity index (χ2v) is 6.41. The van der Waals surface area contributed by atoms with Crippen molar-refractivity contribution in [3.8, 4) is 5.75 Å². The molecule has 0 heterocycles. The van der Waals surface area contributed by atoms with Gasteiger partial charge < -0.3 is 21.3 Å². The summed E-state index contributed by atoms with van der Waals surface area (Å²) in [6, 6.07) is 14.0. The number of aliphatic hydroxyl groups excluding tert-OH is 1. The summed E-state index contributed by atoms with van der Waals surface area (Å²) in [5.74, 6) is 0.0970. The number of phenols is 1. The Labute approximate surface area is 137 Å². The molecular weight excluding hydrogens is 288 g/mol. The van der Waals surface area contributed by atoms with E-state index in [4.69, 9.17) is 5.73 Å². The summed E-state index contributed by atoms with van der Waals surface area (Å²) in [6.45, 7) is 2.14. The van der Waals surface area contributed by atoms with Crippen LogP contribution in [0.4, 0.5) is 5.69 Å². The van der Waals surface area contributed by atoms with Gasteiger partial charge in [-0.15, -0.1) is 0 Å². The van der Waals surface area contributed by atoms with E-state index < -0.39 is 6.10 Å². The van der Waals surface area contributed by atoms with Crippen LogP contribution in [-0.2, 0) is 12.8 Å². The van der Waals surface area contributed by atoms with E-state index in [1.807, 2.05) is 18.2 Å². The predicted octanol–water partition coefficient (Wildman–Crippen LogP) is 2.54. The van der Waals surface area contributed by atoms with Gasteiger partial charge in [0.1, 0.15) is 5.75 Å². The summed E-state index contributed by atoms with van der Waals surface area (Å²) in [7, 11) is 0. The molecule has 0 aliphatic heterocycles. The summed E-state index contributed by atoms with van der Waals surface area (Å²) in [4.78, 5) is 0. The topological polar surface area (TPSA) is 78.5 Å². The van der Waals surface area contributed by atoms with E-state index in [0.29, 0.717) is 5.69 Å². The van der Waals surface area contributed by atoms with Crippen molar-refractivity contribution >= 4 is 5.69 Å². The third kappa shape index (κ3) is 3.33. The van der Waals surface area contributed by atoms with E-state index in [9.17, 15) is 10.2 Å². The fourth-order valence-electron chi connectivity index (χ4n) is 3.47. The first-order valence-corrected chi connectivity index (χ1v) is 8.14. The summed E-state index contributed by atoms with van der Waals surface area (Å²) in [5, 5.41) is 23.9. The average Bonchev–Trinajstić information content (AvgIpc) is 2.54. The second-order valence-electron chi connectivity index (χ2n) is 6.41. The van der Waals surface area contributed by atoms with Gasteiger partial charge in [-0.05, 0) is 48.9 Å². The number of hydrogen-bond donors (Lipinski definition) is 4. The molecule has 4 heteroatoms. The number of aromatic hydroxyl groups is 1. The Morgan fingerprint density at radius 3 is 2.70 bits per heavy atom. The maximum Gasteiger partial charge on any atom is 0.138 e. The first-order chi connectivity index (χ1) is 11.1. The number of aliphatic hydroxyl groups is 1. The Hall–Kier alpha value is -2.04. The predicted molar refractivity (Wildman–Crippen MR) is 92.3 cm³/mol. The third-order valence-electron chi connectivity index (χ3n) is 4.66. The molecule has 5 N–H and O–H groups in total. The van der Waals surface area contributed by atoms with Gasteiger partial charge in [-0.1, -0.05) is 36.4 Å². The van der Waals surface area contributed by atoms with Gasteiger partial charge in [0.15, 0.2) is 0 Å². The van der Waals surface area contributed by atoms with E-state index in [1.165, 1.54) is 5.56 Å². The molecule has 0 aromatic heterocycles. The number of hydrogen-bond acceptors (Lipinski definition) is 4. The molecule has 0 bridgehead atoms. The summed E-state index contributed by atoms with van der Waals surface area (Å²) in [6.07, 6.45) is 1.90. The number of fused-ring (bicyclic) bond motifs is 1. The summed E-state index contributed by atoms with van der Waals surface area (Å²) >= 11 is 0. The number of benzene rings is 2. The molecular formula is C19H24N2O2. The highest BCUT2D eigenvalue weighted by Crippen LogP contribution is 2.37. The van der Waals surface area contributed by atoms with Gasteiger partial charge in [-0.2, -0.15) is 0 Å². The molecule has 3 unspecified atom stereocenters. The molecule has 122 valence electrons. The van der Waals surface area contributed by atoms with E-state index in [-0.39, 0.29) is 17.8 Å². The standard InChI is InChI=1S/C19H24N2O2/c1-12(11-13-5-3-2-4-6-13)21-16-9-7-14-15(19(16)23)8-10-17(22)18(14)20/h2-6,8,10,12,16,19,21-23H,7,9,11,20H2,1H3. The van der Waals surface area contributed by atoms with Gasteiger partial charge in [0.05, 0.1) is 11.8 Å². The molecule has 1 aliphatic carbocycles. The van der Waals surface area contributed by atoms with E-state index in [2.05, 4.69) is 24.4 Å². The zero-order chi connectivity index (χ0) is 16.4. The monoisotopic (exact) mass is 312 g/mol. The molecule has 2 aromatic carbocycles. The van der Waals surface area contributed by atoms with Crippen LogP contribution < -0.4 is 11.1 Å². The lowest BCUT2D eigenvalue weighted by molar-refractivity contribution is 0.109. The highest BCUT2D eigenvalue weighted by Gasteiger charge is 2.30. The SMILES string of the molecule is CC(Cc1ccccc1)NC1CCc2c(ccc(O)c2N)C1O. The molecule has 4 nitrogen and oxygen atoms in total. The van der Waals surface area contributed by atoms with Crippen LogP contribution in [0.5, 0.6) is 5.75 Å². The van der Waals surface area contributed by atoms with Crippen molar-refractivity contribution in [3.63, 3.8) is 0 Å². The number of nitrogens with one attached hydrogen (secondary N) is 1. The number of anilines is 1. The molecule has 0 spiro atoms. The quantitative estimate of drug-likeness (QED) is 0.517. The molecule has 0 fully saturated rings. The van der Waals surface area contributed by atoms with E-state index in [1.54, 1.807) is 12.1 Å². The molecule has 3 atom stereocenters. The van der Waals surface area contributed by atoms with Crippen LogP contribution in [0.25, 0.3) is 0 Å². The molecule has 2 aromatic rings. The molecule has 0 amide bonds. The number of rotatable bonds is 4. The van der Waals surface area contributed by atoms with Gasteiger partial charge in [-0.25, -0.2) is 0 Å². The Bertz CT molecular complexity index is 673. The van der Waals surface area contributed by atoms with Gasteiger partial charge in [0, 0.05) is 12.1 Å². The van der Waals surface area contributed by atoms with Crippen molar-refractivity contribution in [2.24, 2.45) is 0 Å². The number of phenolic OH excluding ortho intramolecular Hbond substituents is 1. The molecule has 0 saturated carbocycles. The molecule has 0 saturated heterocycles. The lowest BCUT2D eigenvalue weighted by atomic mass is 9.84. The minimum atomic E-state index is -0.597. The van der Waals surface area contributed by atoms with Crippen LogP contribution in [0.2, 0.25) is 0 Å². The normalized spacial score (nSPS) is 21.7. The van der Waals surface area contributed by atoms with Crippen LogP contribution in [0.1, 0.15) is 36.1 Å². The number of nitrogens with two attached hydrogens (primary N) is 1. The van der Waals surface area contributed by atoms with Crippen LogP contribution in [-0.4, -0.2) is 22.3 Å². The number of nitrogen functional groups attached to an aromatic ring is 1. The fraction of sp³-hybridized carbons (Fsp3) is 0.368. The van der Waals surface area contributed by atoms with Crippen LogP contribution in [0.15, 0.2) is 42.5 Å². The molecule has 0 radical (unpaired) electrons. The third-order valence-corrected chi connectivity index (χ3v) is 4.66. The van der Waals surface area contributed by atoms with Crippen molar-refractivity contribution in [1.29, 1.82) is 0 Å². The summed E-state index contributed by atoms with van der Waals surface area (Å²) < 4.78 is 0. The maximum absolute atomic E-state index is 10.7. The maximum atomic E-state index is 10.7. The van der Waals surface area contributed by atoms with E-state index in [0.717, 1.165) is 30.4 Å². The Morgan fingerprint density at radius 2 is 1.96 bits per heavy atom. The Kier molecular flexibility index (Phi) is 4.55. The molecule has 1 aliphatic rings.